The fraction of sp³-hybridized carbons (Fsp3) is 0.158. The van der Waals surface area contributed by atoms with Crippen molar-refractivity contribution in [3.05, 3.63) is 80.3 Å². The molecular weight excluding hydrogens is 358 g/mol. The van der Waals surface area contributed by atoms with E-state index in [0.717, 1.165) is 23.5 Å². The van der Waals surface area contributed by atoms with E-state index in [2.05, 4.69) is 0 Å². The molecular formula is C19H14F2N2O2S. The summed E-state index contributed by atoms with van der Waals surface area (Å²) in [6.07, 6.45) is 0.00437. The number of para-hydroxylation sites is 1. The van der Waals surface area contributed by atoms with Crippen LogP contribution in [0.5, 0.6) is 0 Å². The fourth-order valence-electron chi connectivity index (χ4n) is 3.30. The quantitative estimate of drug-likeness (QED) is 0.684. The Labute approximate surface area is 151 Å². The van der Waals surface area contributed by atoms with Gasteiger partial charge in [0.2, 0.25) is 5.91 Å². The highest BCUT2D eigenvalue weighted by atomic mass is 32.1. The first-order valence-corrected chi connectivity index (χ1v) is 8.81. The van der Waals surface area contributed by atoms with Crippen LogP contribution in [0.15, 0.2) is 53.3 Å². The molecule has 1 aliphatic heterocycles. The van der Waals surface area contributed by atoms with E-state index in [-0.39, 0.29) is 22.8 Å². The van der Waals surface area contributed by atoms with Crippen LogP contribution >= 0.6 is 11.3 Å². The molecule has 1 atom stereocenters. The molecule has 1 aromatic heterocycles. The average Bonchev–Trinajstić information content (AvgIpc) is 2.91. The van der Waals surface area contributed by atoms with E-state index in [0.29, 0.717) is 16.4 Å². The summed E-state index contributed by atoms with van der Waals surface area (Å²) in [7, 11) is 1.59. The number of carbonyl (C=O) groups is 1. The Morgan fingerprint density at radius 1 is 1.08 bits per heavy atom. The van der Waals surface area contributed by atoms with Crippen LogP contribution in [-0.2, 0) is 11.8 Å². The summed E-state index contributed by atoms with van der Waals surface area (Å²) >= 11 is 0.986. The van der Waals surface area contributed by atoms with Gasteiger partial charge in [-0.15, -0.1) is 0 Å². The Balaban J connectivity index is 1.92. The van der Waals surface area contributed by atoms with Gasteiger partial charge in [-0.05, 0) is 23.8 Å². The second-order valence-electron chi connectivity index (χ2n) is 6.10. The highest BCUT2D eigenvalue weighted by Gasteiger charge is 2.38. The van der Waals surface area contributed by atoms with Crippen LogP contribution in [0.2, 0.25) is 0 Å². The molecule has 7 heteroatoms. The minimum atomic E-state index is -0.717. The zero-order chi connectivity index (χ0) is 18.4. The summed E-state index contributed by atoms with van der Waals surface area (Å²) in [5, 5.41) is 0. The number of benzene rings is 2. The topological polar surface area (TPSA) is 42.3 Å². The third-order valence-electron chi connectivity index (χ3n) is 4.52. The molecule has 4 nitrogen and oxygen atoms in total. The third-order valence-corrected chi connectivity index (χ3v) is 5.65. The molecule has 132 valence electrons. The van der Waals surface area contributed by atoms with Crippen LogP contribution in [0.3, 0.4) is 0 Å². The summed E-state index contributed by atoms with van der Waals surface area (Å²) in [5.41, 5.74) is 0.862. The number of halogens is 2. The third kappa shape index (κ3) is 2.55. The van der Waals surface area contributed by atoms with Gasteiger partial charge in [-0.3, -0.25) is 19.1 Å². The number of nitrogens with zero attached hydrogens (tertiary/aromatic N) is 2. The molecule has 0 saturated carbocycles. The second-order valence-corrected chi connectivity index (χ2v) is 7.10. The monoisotopic (exact) mass is 372 g/mol. The molecule has 3 aromatic rings. The predicted octanol–water partition coefficient (Wildman–Crippen LogP) is 3.93. The zero-order valence-electron chi connectivity index (χ0n) is 13.8. The molecule has 0 radical (unpaired) electrons. The van der Waals surface area contributed by atoms with Crippen molar-refractivity contribution in [2.45, 2.75) is 12.3 Å². The number of hydrogen-bond donors (Lipinski definition) is 0. The minimum absolute atomic E-state index is 0.00437. The van der Waals surface area contributed by atoms with Gasteiger partial charge in [0.15, 0.2) is 0 Å². The van der Waals surface area contributed by atoms with E-state index in [1.165, 1.54) is 15.5 Å². The van der Waals surface area contributed by atoms with E-state index >= 15 is 0 Å². The Morgan fingerprint density at radius 2 is 1.81 bits per heavy atom. The van der Waals surface area contributed by atoms with Crippen molar-refractivity contribution >= 4 is 28.7 Å². The molecule has 26 heavy (non-hydrogen) atoms. The molecule has 0 fully saturated rings. The number of fused-ring (bicyclic) bond motifs is 1. The predicted molar refractivity (Wildman–Crippen MR) is 96.0 cm³/mol. The van der Waals surface area contributed by atoms with Gasteiger partial charge in [-0.1, -0.05) is 35.6 Å². The number of anilines is 2. The van der Waals surface area contributed by atoms with Crippen LogP contribution in [0.4, 0.5) is 20.3 Å². The Hall–Kier alpha value is -2.80. The Morgan fingerprint density at radius 3 is 2.50 bits per heavy atom. The smallest absolute Gasteiger partial charge is 0.288 e. The van der Waals surface area contributed by atoms with Crippen LogP contribution < -0.4 is 9.77 Å². The number of aromatic nitrogens is 1. The molecule has 1 aliphatic rings. The van der Waals surface area contributed by atoms with Crippen molar-refractivity contribution in [2.75, 3.05) is 4.90 Å². The van der Waals surface area contributed by atoms with Crippen molar-refractivity contribution in [3.63, 3.8) is 0 Å². The maximum Gasteiger partial charge on any atom is 0.308 e. The van der Waals surface area contributed by atoms with Gasteiger partial charge in [-0.2, -0.15) is 0 Å². The van der Waals surface area contributed by atoms with E-state index < -0.39 is 17.6 Å². The van der Waals surface area contributed by atoms with Gasteiger partial charge < -0.3 is 0 Å². The number of rotatable bonds is 2. The van der Waals surface area contributed by atoms with E-state index in [4.69, 9.17) is 0 Å². The van der Waals surface area contributed by atoms with Crippen LogP contribution in [-0.4, -0.2) is 10.5 Å². The van der Waals surface area contributed by atoms with Crippen LogP contribution in [0.1, 0.15) is 22.8 Å². The Kier molecular flexibility index (Phi) is 3.96. The first kappa shape index (κ1) is 16.7. The number of carbonyl (C=O) groups excluding carboxylic acids is 1. The first-order valence-electron chi connectivity index (χ1n) is 8.00. The summed E-state index contributed by atoms with van der Waals surface area (Å²) in [5.74, 6) is -1.81. The van der Waals surface area contributed by atoms with Gasteiger partial charge in [-0.25, -0.2) is 8.78 Å². The Bertz CT molecular complexity index is 1060. The molecule has 0 saturated heterocycles. The molecule has 0 bridgehead atoms. The second kappa shape index (κ2) is 6.17. The number of amides is 1. The standard InChI is InChI=1S/C19H14F2N2O2S/c1-22-18-17(26-19(22)25)14(13-8-7-11(20)9-15(13)21)10-16(24)23(18)12-5-3-2-4-6-12/h2-9,14H,10H2,1H3/t14-/m0/s1. The summed E-state index contributed by atoms with van der Waals surface area (Å²) in [6.45, 7) is 0. The maximum atomic E-state index is 14.3. The van der Waals surface area contributed by atoms with Crippen molar-refractivity contribution < 1.29 is 13.6 Å². The SMILES string of the molecule is Cn1c2c(sc1=O)[C@H](c1ccc(F)cc1F)CC(=O)N2c1ccccc1. The molecule has 0 N–H and O–H groups in total. The average molecular weight is 372 g/mol. The van der Waals surface area contributed by atoms with Gasteiger partial charge >= 0.3 is 4.87 Å². The van der Waals surface area contributed by atoms with Crippen molar-refractivity contribution in [2.24, 2.45) is 7.05 Å². The number of thiazole rings is 1. The maximum absolute atomic E-state index is 14.3. The highest BCUT2D eigenvalue weighted by Crippen LogP contribution is 2.44. The molecule has 0 unspecified atom stereocenters. The summed E-state index contributed by atoms with van der Waals surface area (Å²) < 4.78 is 29.0. The highest BCUT2D eigenvalue weighted by molar-refractivity contribution is 7.10. The molecule has 0 spiro atoms. The lowest BCUT2D eigenvalue weighted by Crippen LogP contribution is -2.34. The first-order chi connectivity index (χ1) is 12.5. The lowest BCUT2D eigenvalue weighted by Gasteiger charge is -2.32. The van der Waals surface area contributed by atoms with Gasteiger partial charge in [0, 0.05) is 25.5 Å². The van der Waals surface area contributed by atoms with Crippen molar-refractivity contribution in [3.8, 4) is 0 Å². The lowest BCUT2D eigenvalue weighted by atomic mass is 9.90. The normalized spacial score (nSPS) is 16.7. The van der Waals surface area contributed by atoms with E-state index in [9.17, 15) is 18.4 Å². The van der Waals surface area contributed by atoms with Crippen LogP contribution in [0, 0.1) is 11.6 Å². The van der Waals surface area contributed by atoms with Crippen LogP contribution in [0.25, 0.3) is 0 Å². The lowest BCUT2D eigenvalue weighted by molar-refractivity contribution is -0.118. The molecule has 2 heterocycles. The number of hydrogen-bond acceptors (Lipinski definition) is 3. The summed E-state index contributed by atoms with van der Waals surface area (Å²) in [4.78, 5) is 27.1. The van der Waals surface area contributed by atoms with E-state index in [1.807, 2.05) is 6.07 Å². The van der Waals surface area contributed by atoms with E-state index in [1.54, 1.807) is 31.3 Å². The molecule has 2 aromatic carbocycles. The largest absolute Gasteiger partial charge is 0.308 e. The zero-order valence-corrected chi connectivity index (χ0v) is 14.6. The molecule has 0 aliphatic carbocycles. The van der Waals surface area contributed by atoms with Gasteiger partial charge in [0.25, 0.3) is 0 Å². The summed E-state index contributed by atoms with van der Waals surface area (Å²) in [6, 6.07) is 12.3. The fourth-order valence-corrected chi connectivity index (χ4v) is 4.39. The van der Waals surface area contributed by atoms with Gasteiger partial charge in [0.1, 0.15) is 17.5 Å². The minimum Gasteiger partial charge on any atom is -0.288 e. The molecule has 4 rings (SSSR count). The van der Waals surface area contributed by atoms with Crippen molar-refractivity contribution in [1.82, 2.24) is 4.57 Å². The van der Waals surface area contributed by atoms with Crippen molar-refractivity contribution in [1.29, 1.82) is 0 Å². The van der Waals surface area contributed by atoms with Gasteiger partial charge in [0.05, 0.1) is 10.6 Å². The molecule has 1 amide bonds.